The van der Waals surface area contributed by atoms with Crippen molar-refractivity contribution in [1.82, 2.24) is 0 Å². The molecule has 0 aliphatic heterocycles. The summed E-state index contributed by atoms with van der Waals surface area (Å²) in [5, 5.41) is 10.0. The number of rotatable bonds is 32. The number of aliphatic hydroxyl groups is 1. The number of carbonyl (C=O) groups is 4. The molecule has 0 aromatic rings. The van der Waals surface area contributed by atoms with Crippen molar-refractivity contribution < 1.29 is 80.2 Å². The summed E-state index contributed by atoms with van der Waals surface area (Å²) in [6, 6.07) is 0. The van der Waals surface area contributed by atoms with Gasteiger partial charge in [-0.3, -0.25) is 37.3 Å². The minimum absolute atomic E-state index is 0.0774. The summed E-state index contributed by atoms with van der Waals surface area (Å²) >= 11 is 0. The van der Waals surface area contributed by atoms with Crippen molar-refractivity contribution in [3.05, 3.63) is 0 Å². The van der Waals surface area contributed by atoms with Crippen molar-refractivity contribution in [3.8, 4) is 0 Å². The van der Waals surface area contributed by atoms with Gasteiger partial charge in [-0.1, -0.05) is 78.1 Å². The Morgan fingerprint density at radius 1 is 0.520 bits per heavy atom. The third-order valence-corrected chi connectivity index (χ3v) is 8.61. The monoisotopic (exact) mass is 764 g/mol. The molecule has 0 heterocycles. The van der Waals surface area contributed by atoms with E-state index in [2.05, 4.69) is 16.2 Å². The third kappa shape index (κ3) is 29.8. The van der Waals surface area contributed by atoms with Gasteiger partial charge in [0.2, 0.25) is 0 Å². The Balaban J connectivity index is 4.70. The molecule has 0 rings (SSSR count). The van der Waals surface area contributed by atoms with Gasteiger partial charge in [-0.05, 0) is 12.8 Å². The van der Waals surface area contributed by atoms with Gasteiger partial charge in [0.15, 0.2) is 12.2 Å². The molecular weight excluding hydrogens is 706 g/mol. The molecule has 2 unspecified atom stereocenters. The van der Waals surface area contributed by atoms with E-state index < -0.39 is 97.5 Å². The number of carbonyl (C=O) groups excluding carboxylic acids is 4. The summed E-state index contributed by atoms with van der Waals surface area (Å²) in [4.78, 5) is 66.5. The normalized spacial score (nSPS) is 15.6. The number of esters is 4. The number of hydrogen-bond donors (Lipinski definition) is 3. The van der Waals surface area contributed by atoms with Crippen molar-refractivity contribution in [3.63, 3.8) is 0 Å². The van der Waals surface area contributed by atoms with Gasteiger partial charge in [-0.15, -0.1) is 0 Å². The quantitative estimate of drug-likeness (QED) is 0.0351. The third-order valence-electron chi connectivity index (χ3n) is 6.71. The van der Waals surface area contributed by atoms with E-state index in [1.807, 2.05) is 6.92 Å². The van der Waals surface area contributed by atoms with Crippen LogP contribution < -0.4 is 0 Å². The first-order valence-corrected chi connectivity index (χ1v) is 20.2. The molecule has 0 aliphatic carbocycles. The van der Waals surface area contributed by atoms with Crippen molar-refractivity contribution >= 4 is 39.5 Å². The zero-order valence-electron chi connectivity index (χ0n) is 29.8. The lowest BCUT2D eigenvalue weighted by Gasteiger charge is -2.21. The second-order valence-corrected chi connectivity index (χ2v) is 14.5. The predicted molar refractivity (Wildman–Crippen MR) is 178 cm³/mol. The molecule has 0 aliphatic rings. The van der Waals surface area contributed by atoms with Crippen molar-refractivity contribution in [1.29, 1.82) is 0 Å². The molecule has 0 bridgehead atoms. The van der Waals surface area contributed by atoms with E-state index in [1.54, 1.807) is 0 Å². The Morgan fingerprint density at radius 2 is 0.940 bits per heavy atom. The fourth-order valence-electron chi connectivity index (χ4n) is 4.10. The van der Waals surface area contributed by atoms with Crippen molar-refractivity contribution in [2.75, 3.05) is 39.6 Å². The first-order chi connectivity index (χ1) is 23.6. The lowest BCUT2D eigenvalue weighted by atomic mass is 10.1. The number of phosphoric ester groups is 2. The van der Waals surface area contributed by atoms with Crippen LogP contribution in [-0.2, 0) is 65.4 Å². The van der Waals surface area contributed by atoms with Gasteiger partial charge >= 0.3 is 39.5 Å². The van der Waals surface area contributed by atoms with E-state index >= 15 is 0 Å². The van der Waals surface area contributed by atoms with Crippen LogP contribution in [0.5, 0.6) is 0 Å². The standard InChI is InChI=1S/C31H58O17P2/c1-5-7-9-10-11-12-13-14-15-16-18-30(35)42-22-29(48-31(36)17-8-6-2)24-46-50(39,40)44-20-27(34)19-43-49(37,38)45-23-28(47-26(4)33)21-41-25(3)32/h27-29,34H,5-24H2,1-4H3,(H,37,38)(H,39,40)/t27-,28-,29-/m1/s1. The van der Waals surface area contributed by atoms with Crippen LogP contribution in [0.1, 0.15) is 118 Å². The Morgan fingerprint density at radius 3 is 1.42 bits per heavy atom. The average Bonchev–Trinajstić information content (AvgIpc) is 3.05. The highest BCUT2D eigenvalue weighted by atomic mass is 31.2. The molecule has 0 fully saturated rings. The number of phosphoric acid groups is 2. The van der Waals surface area contributed by atoms with Gasteiger partial charge < -0.3 is 33.8 Å². The highest BCUT2D eigenvalue weighted by Crippen LogP contribution is 2.45. The molecule has 19 heteroatoms. The molecule has 0 aromatic heterocycles. The Kier molecular flexibility index (Phi) is 27.5. The Labute approximate surface area is 295 Å². The average molecular weight is 765 g/mol. The molecule has 294 valence electrons. The van der Waals surface area contributed by atoms with Crippen LogP contribution in [0.3, 0.4) is 0 Å². The van der Waals surface area contributed by atoms with Crippen LogP contribution in [-0.4, -0.2) is 96.7 Å². The Hall–Kier alpha value is -1.94. The van der Waals surface area contributed by atoms with E-state index in [4.69, 9.17) is 27.8 Å². The summed E-state index contributed by atoms with van der Waals surface area (Å²) in [7, 11) is -9.71. The Bertz CT molecular complexity index is 1060. The van der Waals surface area contributed by atoms with E-state index in [1.165, 1.54) is 38.5 Å². The first-order valence-electron chi connectivity index (χ1n) is 17.2. The fourth-order valence-corrected chi connectivity index (χ4v) is 5.68. The predicted octanol–water partition coefficient (Wildman–Crippen LogP) is 5.07. The molecule has 0 amide bonds. The molecular formula is C31H58O17P2. The molecule has 0 saturated heterocycles. The second-order valence-electron chi connectivity index (χ2n) is 11.6. The molecule has 17 nitrogen and oxygen atoms in total. The summed E-state index contributed by atoms with van der Waals surface area (Å²) in [5.41, 5.74) is 0. The molecule has 0 radical (unpaired) electrons. The minimum Gasteiger partial charge on any atom is -0.462 e. The molecule has 0 spiro atoms. The number of ether oxygens (including phenoxy) is 4. The van der Waals surface area contributed by atoms with Crippen LogP contribution >= 0.6 is 15.6 Å². The fraction of sp³-hybridized carbons (Fsp3) is 0.871. The smallest absolute Gasteiger partial charge is 0.462 e. The van der Waals surface area contributed by atoms with Gasteiger partial charge in [0, 0.05) is 26.7 Å². The summed E-state index contributed by atoms with van der Waals surface area (Å²) in [6.07, 6.45) is 8.37. The topological polar surface area (TPSA) is 237 Å². The molecule has 3 N–H and O–H groups in total. The van der Waals surface area contributed by atoms with Crippen LogP contribution in [0, 0.1) is 0 Å². The highest BCUT2D eigenvalue weighted by molar-refractivity contribution is 7.47. The maximum absolute atomic E-state index is 12.4. The van der Waals surface area contributed by atoms with E-state index in [-0.39, 0.29) is 12.8 Å². The largest absolute Gasteiger partial charge is 0.472 e. The molecule has 0 saturated carbocycles. The summed E-state index contributed by atoms with van der Waals surface area (Å²) in [6.45, 7) is 2.16. The zero-order valence-corrected chi connectivity index (χ0v) is 31.6. The van der Waals surface area contributed by atoms with Gasteiger partial charge in [-0.25, -0.2) is 9.13 Å². The van der Waals surface area contributed by atoms with Crippen LogP contribution in [0.15, 0.2) is 0 Å². The molecule has 50 heavy (non-hydrogen) atoms. The summed E-state index contributed by atoms with van der Waals surface area (Å²) in [5.74, 6) is -2.60. The van der Waals surface area contributed by atoms with Crippen molar-refractivity contribution in [2.24, 2.45) is 0 Å². The van der Waals surface area contributed by atoms with Gasteiger partial charge in [0.25, 0.3) is 0 Å². The van der Waals surface area contributed by atoms with Crippen LogP contribution in [0.4, 0.5) is 0 Å². The lowest BCUT2D eigenvalue weighted by molar-refractivity contribution is -0.161. The number of aliphatic hydroxyl groups excluding tert-OH is 1. The van der Waals surface area contributed by atoms with Gasteiger partial charge in [0.05, 0.1) is 26.4 Å². The van der Waals surface area contributed by atoms with Gasteiger partial charge in [-0.2, -0.15) is 0 Å². The summed E-state index contributed by atoms with van der Waals surface area (Å²) < 4.78 is 63.5. The van der Waals surface area contributed by atoms with Crippen molar-refractivity contribution in [2.45, 2.75) is 136 Å². The maximum atomic E-state index is 12.4. The zero-order chi connectivity index (χ0) is 37.8. The van der Waals surface area contributed by atoms with Crippen LogP contribution in [0.2, 0.25) is 0 Å². The van der Waals surface area contributed by atoms with E-state index in [9.17, 15) is 43.2 Å². The number of unbranched alkanes of at least 4 members (excludes halogenated alkanes) is 10. The highest BCUT2D eigenvalue weighted by Gasteiger charge is 2.30. The van der Waals surface area contributed by atoms with Crippen LogP contribution in [0.25, 0.3) is 0 Å². The van der Waals surface area contributed by atoms with E-state index in [0.29, 0.717) is 12.8 Å². The molecule has 0 aromatic carbocycles. The first kappa shape index (κ1) is 48.1. The minimum atomic E-state index is -4.87. The molecule has 5 atom stereocenters. The second kappa shape index (κ2) is 28.6. The lowest BCUT2D eigenvalue weighted by Crippen LogP contribution is -2.30. The number of hydrogen-bond acceptors (Lipinski definition) is 15. The van der Waals surface area contributed by atoms with Gasteiger partial charge in [0.1, 0.15) is 19.3 Å². The maximum Gasteiger partial charge on any atom is 0.472 e. The SMILES string of the molecule is CCCCCCCCCCCCC(=O)OC[C@H](COP(=O)(O)OC[C@H](O)COP(=O)(O)OC[C@@H](COC(C)=O)OC(C)=O)OC(=O)CCCC. The van der Waals surface area contributed by atoms with E-state index in [0.717, 1.165) is 39.5 Å².